The lowest BCUT2D eigenvalue weighted by atomic mass is 10.1. The van der Waals surface area contributed by atoms with E-state index in [2.05, 4.69) is 0 Å². The van der Waals surface area contributed by atoms with Crippen molar-refractivity contribution < 1.29 is 23.8 Å². The molecule has 1 amide bonds. The van der Waals surface area contributed by atoms with Crippen LogP contribution >= 0.6 is 24.0 Å². The molecule has 0 saturated carbocycles. The molecule has 3 rings (SSSR count). The van der Waals surface area contributed by atoms with Crippen molar-refractivity contribution in [2.75, 3.05) is 19.1 Å². The number of carbonyl (C=O) groups excluding carboxylic acids is 2. The highest BCUT2D eigenvalue weighted by Gasteiger charge is 2.33. The van der Waals surface area contributed by atoms with Crippen molar-refractivity contribution in [3.8, 4) is 17.2 Å². The van der Waals surface area contributed by atoms with Gasteiger partial charge in [0, 0.05) is 6.92 Å². The Morgan fingerprint density at radius 3 is 2.25 bits per heavy atom. The summed E-state index contributed by atoms with van der Waals surface area (Å²) >= 11 is 6.59. The number of benzene rings is 2. The highest BCUT2D eigenvalue weighted by Crippen LogP contribution is 2.41. The zero-order valence-corrected chi connectivity index (χ0v) is 17.1. The Bertz CT molecular complexity index is 947. The topological polar surface area (TPSA) is 65.1 Å². The molecule has 28 heavy (non-hydrogen) atoms. The maximum absolute atomic E-state index is 12.9. The van der Waals surface area contributed by atoms with Crippen LogP contribution < -0.4 is 19.1 Å². The van der Waals surface area contributed by atoms with Gasteiger partial charge in [-0.15, -0.1) is 0 Å². The summed E-state index contributed by atoms with van der Waals surface area (Å²) in [4.78, 5) is 26.2. The number of thioether (sulfide) groups is 1. The molecule has 6 nitrogen and oxygen atoms in total. The van der Waals surface area contributed by atoms with Crippen LogP contribution in [0.4, 0.5) is 5.69 Å². The quantitative estimate of drug-likeness (QED) is 0.316. The molecule has 1 heterocycles. The van der Waals surface area contributed by atoms with Gasteiger partial charge in [-0.25, -0.2) is 0 Å². The van der Waals surface area contributed by atoms with Crippen LogP contribution in [-0.2, 0) is 9.59 Å². The van der Waals surface area contributed by atoms with Gasteiger partial charge < -0.3 is 14.2 Å². The molecular formula is C20H17NO5S2. The molecule has 1 aliphatic heterocycles. The lowest BCUT2D eigenvalue weighted by molar-refractivity contribution is -0.132. The smallest absolute Gasteiger partial charge is 0.308 e. The third kappa shape index (κ3) is 4.02. The third-order valence-corrected chi connectivity index (χ3v) is 5.14. The predicted octanol–water partition coefficient (Wildman–Crippen LogP) is 4.03. The summed E-state index contributed by atoms with van der Waals surface area (Å²) in [5, 5.41) is 0. The van der Waals surface area contributed by atoms with Gasteiger partial charge in [-0.05, 0) is 35.9 Å². The summed E-state index contributed by atoms with van der Waals surface area (Å²) in [5.74, 6) is 0.126. The Balaban J connectivity index is 1.98. The SMILES string of the molecule is COc1cc(C=C2SC(=S)N(c3ccccc3)C2=O)cc(OC)c1OC(C)=O. The Morgan fingerprint density at radius 2 is 1.71 bits per heavy atom. The molecule has 2 aromatic carbocycles. The van der Waals surface area contributed by atoms with Gasteiger partial charge in [-0.2, -0.15) is 0 Å². The second-order valence-electron chi connectivity index (χ2n) is 5.70. The van der Waals surface area contributed by atoms with Crippen molar-refractivity contribution in [1.82, 2.24) is 0 Å². The summed E-state index contributed by atoms with van der Waals surface area (Å²) in [6.45, 7) is 1.29. The van der Waals surface area contributed by atoms with Gasteiger partial charge >= 0.3 is 5.97 Å². The fourth-order valence-electron chi connectivity index (χ4n) is 2.65. The average Bonchev–Trinajstić information content (AvgIpc) is 2.96. The molecule has 0 aromatic heterocycles. The first-order valence-electron chi connectivity index (χ1n) is 8.22. The van der Waals surface area contributed by atoms with Gasteiger partial charge in [0.2, 0.25) is 5.75 Å². The number of hydrogen-bond acceptors (Lipinski definition) is 7. The zero-order valence-electron chi connectivity index (χ0n) is 15.4. The molecule has 1 saturated heterocycles. The Labute approximate surface area is 172 Å². The van der Waals surface area contributed by atoms with E-state index >= 15 is 0 Å². The van der Waals surface area contributed by atoms with Gasteiger partial charge in [0.25, 0.3) is 5.91 Å². The maximum Gasteiger partial charge on any atom is 0.308 e. The second kappa shape index (κ2) is 8.45. The average molecular weight is 415 g/mol. The number of esters is 1. The number of hydrogen-bond donors (Lipinski definition) is 0. The molecule has 0 radical (unpaired) electrons. The summed E-state index contributed by atoms with van der Waals surface area (Å²) in [6, 6.07) is 12.6. The zero-order chi connectivity index (χ0) is 20.3. The Kier molecular flexibility index (Phi) is 6.01. The van der Waals surface area contributed by atoms with Crippen LogP contribution in [-0.4, -0.2) is 30.4 Å². The van der Waals surface area contributed by atoms with Crippen molar-refractivity contribution in [2.45, 2.75) is 6.92 Å². The molecule has 1 aliphatic rings. The summed E-state index contributed by atoms with van der Waals surface area (Å²) in [6.07, 6.45) is 1.70. The Morgan fingerprint density at radius 1 is 1.11 bits per heavy atom. The van der Waals surface area contributed by atoms with Crippen molar-refractivity contribution in [3.63, 3.8) is 0 Å². The Hall–Kier alpha value is -2.84. The number of para-hydroxylation sites is 1. The highest BCUT2D eigenvalue weighted by molar-refractivity contribution is 8.27. The van der Waals surface area contributed by atoms with Crippen LogP contribution in [0, 0.1) is 0 Å². The van der Waals surface area contributed by atoms with E-state index in [0.717, 1.165) is 0 Å². The molecule has 0 N–H and O–H groups in total. The van der Waals surface area contributed by atoms with E-state index in [1.165, 1.54) is 37.8 Å². The van der Waals surface area contributed by atoms with E-state index in [1.807, 2.05) is 30.3 Å². The fraction of sp³-hybridized carbons (Fsp3) is 0.150. The van der Waals surface area contributed by atoms with E-state index in [-0.39, 0.29) is 11.7 Å². The molecule has 0 spiro atoms. The molecule has 0 bridgehead atoms. The van der Waals surface area contributed by atoms with Crippen molar-refractivity contribution in [1.29, 1.82) is 0 Å². The van der Waals surface area contributed by atoms with Gasteiger partial charge in [0.1, 0.15) is 0 Å². The van der Waals surface area contributed by atoms with Gasteiger partial charge in [-0.1, -0.05) is 42.2 Å². The van der Waals surface area contributed by atoms with Crippen LogP contribution in [0.25, 0.3) is 6.08 Å². The second-order valence-corrected chi connectivity index (χ2v) is 7.38. The number of thiocarbonyl (C=S) groups is 1. The normalized spacial score (nSPS) is 15.1. The number of carbonyl (C=O) groups is 2. The van der Waals surface area contributed by atoms with E-state index in [1.54, 1.807) is 18.2 Å². The van der Waals surface area contributed by atoms with Gasteiger partial charge in [0.05, 0.1) is 24.8 Å². The molecular weight excluding hydrogens is 398 g/mol. The summed E-state index contributed by atoms with van der Waals surface area (Å²) in [5.41, 5.74) is 1.37. The van der Waals surface area contributed by atoms with Crippen LogP contribution in [0.3, 0.4) is 0 Å². The van der Waals surface area contributed by atoms with Gasteiger partial charge in [-0.3, -0.25) is 14.5 Å². The highest BCUT2D eigenvalue weighted by atomic mass is 32.2. The van der Waals surface area contributed by atoms with Crippen molar-refractivity contribution in [3.05, 3.63) is 52.9 Å². The number of nitrogens with zero attached hydrogens (tertiary/aromatic N) is 1. The molecule has 0 aliphatic carbocycles. The van der Waals surface area contributed by atoms with Crippen LogP contribution in [0.2, 0.25) is 0 Å². The summed E-state index contributed by atoms with van der Waals surface area (Å²) in [7, 11) is 2.92. The minimum absolute atomic E-state index is 0.187. The largest absolute Gasteiger partial charge is 0.493 e. The maximum atomic E-state index is 12.9. The van der Waals surface area contributed by atoms with Crippen LogP contribution in [0.15, 0.2) is 47.4 Å². The lowest BCUT2D eigenvalue weighted by Gasteiger charge is -2.14. The predicted molar refractivity (Wildman–Crippen MR) is 113 cm³/mol. The molecule has 2 aromatic rings. The van der Waals surface area contributed by atoms with Crippen molar-refractivity contribution >= 4 is 51.9 Å². The van der Waals surface area contributed by atoms with Crippen LogP contribution in [0.5, 0.6) is 17.2 Å². The number of amides is 1. The summed E-state index contributed by atoms with van der Waals surface area (Å²) < 4.78 is 16.3. The number of anilines is 1. The molecule has 8 heteroatoms. The minimum Gasteiger partial charge on any atom is -0.493 e. The lowest BCUT2D eigenvalue weighted by Crippen LogP contribution is -2.27. The van der Waals surface area contributed by atoms with E-state index < -0.39 is 5.97 Å². The first-order valence-corrected chi connectivity index (χ1v) is 9.44. The van der Waals surface area contributed by atoms with E-state index in [4.69, 9.17) is 26.4 Å². The fourth-order valence-corrected chi connectivity index (χ4v) is 3.95. The number of methoxy groups -OCH3 is 2. The monoisotopic (exact) mass is 415 g/mol. The standard InChI is InChI=1S/C20H17NO5S2/c1-12(22)26-18-15(24-2)9-13(10-16(18)25-3)11-17-19(23)21(20(27)28-17)14-7-5-4-6-8-14/h4-11H,1-3H3. The molecule has 1 fully saturated rings. The first-order chi connectivity index (χ1) is 13.4. The molecule has 0 atom stereocenters. The van der Waals surface area contributed by atoms with Gasteiger partial charge in [0.15, 0.2) is 15.8 Å². The third-order valence-electron chi connectivity index (χ3n) is 3.83. The molecule has 144 valence electrons. The van der Waals surface area contributed by atoms with E-state index in [9.17, 15) is 9.59 Å². The van der Waals surface area contributed by atoms with Crippen LogP contribution in [0.1, 0.15) is 12.5 Å². The van der Waals surface area contributed by atoms with Crippen molar-refractivity contribution in [2.24, 2.45) is 0 Å². The first kappa shape index (κ1) is 19.9. The molecule has 0 unspecified atom stereocenters. The van der Waals surface area contributed by atoms with E-state index in [0.29, 0.717) is 32.0 Å². The number of ether oxygens (including phenoxy) is 3. The minimum atomic E-state index is -0.493. The number of rotatable bonds is 5.